The molecule has 1 aliphatic heterocycles. The first kappa shape index (κ1) is 28.0. The molecule has 3 rings (SSSR count). The van der Waals surface area contributed by atoms with Gasteiger partial charge in [-0.05, 0) is 42.7 Å². The van der Waals surface area contributed by atoms with Crippen LogP contribution >= 0.6 is 0 Å². The van der Waals surface area contributed by atoms with Crippen molar-refractivity contribution in [2.24, 2.45) is 0 Å². The van der Waals surface area contributed by atoms with E-state index in [1.54, 1.807) is 42.5 Å². The molecule has 0 aliphatic carbocycles. The number of hydrogen-bond acceptors (Lipinski definition) is 6. The van der Waals surface area contributed by atoms with Gasteiger partial charge in [0, 0.05) is 36.8 Å². The number of nitrogens with one attached hydrogen (secondary N) is 2. The van der Waals surface area contributed by atoms with E-state index in [2.05, 4.69) is 10.6 Å². The molecule has 2 unspecified atom stereocenters. The van der Waals surface area contributed by atoms with E-state index in [1.165, 1.54) is 32.0 Å². The summed E-state index contributed by atoms with van der Waals surface area (Å²) in [5, 5.41) is 16.2. The van der Waals surface area contributed by atoms with E-state index in [9.17, 15) is 29.1 Å². The molecule has 0 fully saturated rings. The molecule has 35 heavy (non-hydrogen) atoms. The number of carbonyl (C=O) groups excluding carboxylic acids is 5. The van der Waals surface area contributed by atoms with Gasteiger partial charge in [0.1, 0.15) is 0 Å². The van der Waals surface area contributed by atoms with Crippen LogP contribution in [0.4, 0.5) is 4.79 Å². The van der Waals surface area contributed by atoms with Crippen LogP contribution in [-0.2, 0) is 14.4 Å². The molecule has 176 valence electrons. The predicted octanol–water partition coefficient (Wildman–Crippen LogP) is -1.65. The van der Waals surface area contributed by atoms with E-state index in [-0.39, 0.29) is 35.3 Å². The Balaban J connectivity index is 0.00000432. The summed E-state index contributed by atoms with van der Waals surface area (Å²) in [7, 11) is 1.47. The van der Waals surface area contributed by atoms with Crippen molar-refractivity contribution in [1.82, 2.24) is 15.5 Å². The summed E-state index contributed by atoms with van der Waals surface area (Å²) in [5.74, 6) is -2.62. The number of carboxylic acid groups (broad SMARTS) is 1. The van der Waals surface area contributed by atoms with E-state index >= 15 is 0 Å². The monoisotopic (exact) mass is 485 g/mol. The number of likely N-dealkylation sites (N-methyl/N-ethyl adjacent to an activating group) is 1. The van der Waals surface area contributed by atoms with Crippen molar-refractivity contribution in [2.45, 2.75) is 32.4 Å². The number of benzene rings is 2. The van der Waals surface area contributed by atoms with Gasteiger partial charge in [-0.3, -0.25) is 14.4 Å². The molecule has 0 saturated carbocycles. The smallest absolute Gasteiger partial charge is 0.550 e. The van der Waals surface area contributed by atoms with Gasteiger partial charge >= 0.3 is 35.6 Å². The SMILES string of the molecule is CC(=O)c1cccc(-c2cccc(C(CC(=O)[O-])NC(=O)NC3C(=O)C(C)=CN(C)C3=O)c2)c1.[Na+]. The molecule has 2 aromatic carbocycles. The molecule has 1 aliphatic rings. The van der Waals surface area contributed by atoms with E-state index in [0.717, 1.165) is 5.56 Å². The number of amides is 3. The molecule has 0 bridgehead atoms. The molecular formula is C25H24N3NaO6. The maximum Gasteiger partial charge on any atom is 1.00 e. The minimum absolute atomic E-state index is 0. The number of Topliss-reactive ketones (excluding diaryl/α,β-unsaturated/α-hetero) is 2. The maximum atomic E-state index is 12.6. The number of nitrogens with zero attached hydrogens (tertiary/aromatic N) is 1. The zero-order valence-corrected chi connectivity index (χ0v) is 22.0. The third-order valence-electron chi connectivity index (χ3n) is 5.48. The third-order valence-corrected chi connectivity index (χ3v) is 5.48. The van der Waals surface area contributed by atoms with Crippen molar-refractivity contribution in [1.29, 1.82) is 0 Å². The molecule has 0 saturated heterocycles. The first-order chi connectivity index (χ1) is 16.1. The molecule has 2 N–H and O–H groups in total. The fraction of sp³-hybridized carbons (Fsp3) is 0.240. The Morgan fingerprint density at radius 3 is 2.31 bits per heavy atom. The van der Waals surface area contributed by atoms with Crippen LogP contribution in [0, 0.1) is 0 Å². The van der Waals surface area contributed by atoms with Crippen molar-refractivity contribution in [3.63, 3.8) is 0 Å². The van der Waals surface area contributed by atoms with E-state index < -0.39 is 42.2 Å². The van der Waals surface area contributed by atoms with Gasteiger partial charge in [0.2, 0.25) is 0 Å². The molecule has 2 aromatic rings. The zero-order valence-electron chi connectivity index (χ0n) is 20.0. The second-order valence-electron chi connectivity index (χ2n) is 8.07. The quantitative estimate of drug-likeness (QED) is 0.274. The molecular weight excluding hydrogens is 461 g/mol. The van der Waals surface area contributed by atoms with Crippen LogP contribution in [0.3, 0.4) is 0 Å². The Bertz CT molecular complexity index is 1210. The van der Waals surface area contributed by atoms with Gasteiger partial charge in [0.05, 0.1) is 6.04 Å². The predicted molar refractivity (Wildman–Crippen MR) is 121 cm³/mol. The summed E-state index contributed by atoms with van der Waals surface area (Å²) >= 11 is 0. The Kier molecular flexibility index (Phi) is 9.53. The topological polar surface area (TPSA) is 136 Å². The molecule has 0 spiro atoms. The summed E-state index contributed by atoms with van der Waals surface area (Å²) in [4.78, 5) is 61.6. The van der Waals surface area contributed by atoms with Crippen molar-refractivity contribution in [2.75, 3.05) is 7.05 Å². The average molecular weight is 485 g/mol. The first-order valence-electron chi connectivity index (χ1n) is 10.5. The summed E-state index contributed by atoms with van der Waals surface area (Å²) in [5.41, 5.74) is 2.77. The molecule has 0 radical (unpaired) electrons. The molecule has 3 amide bonds. The summed E-state index contributed by atoms with van der Waals surface area (Å²) in [6, 6.07) is 10.5. The number of rotatable bonds is 7. The van der Waals surface area contributed by atoms with Gasteiger partial charge in [-0.15, -0.1) is 0 Å². The standard InChI is InChI=1S/C25H25N3O6.Na/c1-14-13-28(3)24(33)22(23(14)32)27-25(34)26-20(12-21(30)31)19-9-5-8-18(11-19)17-7-4-6-16(10-17)15(2)29;/h4-11,13,20,22H,12H2,1-3H3,(H,30,31)(H2,26,27,34);/q;+1/p-1. The van der Waals surface area contributed by atoms with Gasteiger partial charge in [-0.1, -0.05) is 36.4 Å². The second-order valence-corrected chi connectivity index (χ2v) is 8.07. The Labute approximate surface area is 224 Å². The number of carboxylic acids is 1. The fourth-order valence-corrected chi connectivity index (χ4v) is 3.69. The fourth-order valence-electron chi connectivity index (χ4n) is 3.69. The van der Waals surface area contributed by atoms with E-state index in [0.29, 0.717) is 22.3 Å². The molecule has 9 nitrogen and oxygen atoms in total. The number of hydrogen-bond donors (Lipinski definition) is 2. The molecule has 1 heterocycles. The van der Waals surface area contributed by atoms with Crippen molar-refractivity contribution >= 4 is 29.5 Å². The minimum Gasteiger partial charge on any atom is -0.550 e. The van der Waals surface area contributed by atoms with Crippen LogP contribution in [-0.4, -0.2) is 47.5 Å². The van der Waals surface area contributed by atoms with Crippen LogP contribution in [0.2, 0.25) is 0 Å². The van der Waals surface area contributed by atoms with Gasteiger partial charge in [0.25, 0.3) is 5.91 Å². The van der Waals surface area contributed by atoms with Crippen LogP contribution in [0.25, 0.3) is 11.1 Å². The Morgan fingerprint density at radius 1 is 1.06 bits per heavy atom. The Morgan fingerprint density at radius 2 is 1.69 bits per heavy atom. The summed E-state index contributed by atoms with van der Waals surface area (Å²) in [6.45, 7) is 2.99. The minimum atomic E-state index is -1.40. The number of urea groups is 1. The van der Waals surface area contributed by atoms with Gasteiger partial charge < -0.3 is 25.4 Å². The zero-order chi connectivity index (χ0) is 25.0. The average Bonchev–Trinajstić information content (AvgIpc) is 2.80. The summed E-state index contributed by atoms with van der Waals surface area (Å²) in [6.07, 6.45) is 0.849. The number of aliphatic carboxylic acids is 1. The maximum absolute atomic E-state index is 12.6. The third kappa shape index (κ3) is 6.88. The first-order valence-corrected chi connectivity index (χ1v) is 10.5. The van der Waals surface area contributed by atoms with Crippen molar-refractivity contribution in [3.8, 4) is 11.1 Å². The molecule has 0 aromatic heterocycles. The molecule has 2 atom stereocenters. The normalized spacial score (nSPS) is 16.0. The number of carbonyl (C=O) groups is 5. The number of ketones is 2. The molecule has 10 heteroatoms. The largest absolute Gasteiger partial charge is 1.00 e. The van der Waals surface area contributed by atoms with Gasteiger partial charge in [-0.2, -0.15) is 0 Å². The second kappa shape index (κ2) is 11.9. The van der Waals surface area contributed by atoms with Crippen LogP contribution < -0.4 is 45.3 Å². The summed E-state index contributed by atoms with van der Waals surface area (Å²) < 4.78 is 0. The van der Waals surface area contributed by atoms with E-state index in [1.807, 2.05) is 6.07 Å². The van der Waals surface area contributed by atoms with Crippen LogP contribution in [0.5, 0.6) is 0 Å². The van der Waals surface area contributed by atoms with Crippen LogP contribution in [0.1, 0.15) is 42.2 Å². The Hall–Kier alpha value is -3.27. The van der Waals surface area contributed by atoms with Crippen molar-refractivity contribution in [3.05, 3.63) is 71.4 Å². The van der Waals surface area contributed by atoms with Gasteiger partial charge in [-0.25, -0.2) is 4.79 Å². The van der Waals surface area contributed by atoms with Gasteiger partial charge in [0.15, 0.2) is 17.6 Å². The van der Waals surface area contributed by atoms with Crippen LogP contribution in [0.15, 0.2) is 60.3 Å². The van der Waals surface area contributed by atoms with E-state index in [4.69, 9.17) is 0 Å². The van der Waals surface area contributed by atoms with Crippen molar-refractivity contribution < 1.29 is 58.6 Å².